The van der Waals surface area contributed by atoms with E-state index in [2.05, 4.69) is 33.7 Å². The Hall–Kier alpha value is -1.61. The van der Waals surface area contributed by atoms with Crippen LogP contribution in [0.15, 0.2) is 36.4 Å². The smallest absolute Gasteiger partial charge is 0.0923 e. The van der Waals surface area contributed by atoms with Crippen LogP contribution in [0, 0.1) is 0 Å². The van der Waals surface area contributed by atoms with Gasteiger partial charge in [0.15, 0.2) is 0 Å². The summed E-state index contributed by atoms with van der Waals surface area (Å²) >= 11 is 0. The van der Waals surface area contributed by atoms with Crippen LogP contribution in [0.3, 0.4) is 0 Å². The second kappa shape index (κ2) is 4.10. The minimum atomic E-state index is 0.602. The minimum absolute atomic E-state index is 0.602. The summed E-state index contributed by atoms with van der Waals surface area (Å²) < 4.78 is 0. The molecule has 0 bridgehead atoms. The molecule has 2 aromatic rings. The second-order valence-corrected chi connectivity index (χ2v) is 4.26. The van der Waals surface area contributed by atoms with Gasteiger partial charge in [-0.25, -0.2) is 0 Å². The van der Waals surface area contributed by atoms with Crippen molar-refractivity contribution in [1.82, 2.24) is 15.5 Å². The van der Waals surface area contributed by atoms with Crippen LogP contribution in [-0.4, -0.2) is 23.3 Å². The maximum Gasteiger partial charge on any atom is 0.0923 e. The van der Waals surface area contributed by atoms with E-state index in [9.17, 15) is 0 Å². The van der Waals surface area contributed by atoms with Crippen molar-refractivity contribution in [3.63, 3.8) is 0 Å². The van der Waals surface area contributed by atoms with E-state index in [1.807, 2.05) is 18.2 Å². The zero-order valence-corrected chi connectivity index (χ0v) is 9.11. The number of nitrogens with one attached hydrogen (secondary N) is 2. The van der Waals surface area contributed by atoms with Crippen LogP contribution in [0.2, 0.25) is 0 Å². The summed E-state index contributed by atoms with van der Waals surface area (Å²) in [5.74, 6) is 0.602. The van der Waals surface area contributed by atoms with Crippen molar-refractivity contribution in [2.75, 3.05) is 13.1 Å². The molecule has 0 saturated carbocycles. The average molecular weight is 213 g/mol. The average Bonchev–Trinajstić information content (AvgIpc) is 3.01. The van der Waals surface area contributed by atoms with Crippen molar-refractivity contribution in [2.45, 2.75) is 12.3 Å². The van der Waals surface area contributed by atoms with Crippen molar-refractivity contribution in [3.8, 4) is 11.3 Å². The number of hydrogen-bond donors (Lipinski definition) is 2. The molecule has 1 aromatic carbocycles. The predicted molar refractivity (Wildman–Crippen MR) is 64.3 cm³/mol. The van der Waals surface area contributed by atoms with Gasteiger partial charge in [-0.2, -0.15) is 5.10 Å². The van der Waals surface area contributed by atoms with Crippen LogP contribution >= 0.6 is 0 Å². The summed E-state index contributed by atoms with van der Waals surface area (Å²) in [5, 5.41) is 10.9. The molecule has 1 atom stereocenters. The van der Waals surface area contributed by atoms with E-state index in [-0.39, 0.29) is 0 Å². The van der Waals surface area contributed by atoms with Gasteiger partial charge in [-0.05, 0) is 19.0 Å². The maximum absolute atomic E-state index is 4.38. The van der Waals surface area contributed by atoms with E-state index in [0.717, 1.165) is 18.8 Å². The van der Waals surface area contributed by atoms with Crippen molar-refractivity contribution in [3.05, 3.63) is 42.1 Å². The Morgan fingerprint density at radius 2 is 2.06 bits per heavy atom. The third kappa shape index (κ3) is 1.74. The van der Waals surface area contributed by atoms with Crippen LogP contribution in [0.5, 0.6) is 0 Å². The summed E-state index contributed by atoms with van der Waals surface area (Å²) in [7, 11) is 0. The maximum atomic E-state index is 4.38. The monoisotopic (exact) mass is 213 g/mol. The molecule has 16 heavy (non-hydrogen) atoms. The first-order valence-corrected chi connectivity index (χ1v) is 5.75. The van der Waals surface area contributed by atoms with Gasteiger partial charge < -0.3 is 5.32 Å². The van der Waals surface area contributed by atoms with E-state index < -0.39 is 0 Å². The van der Waals surface area contributed by atoms with Gasteiger partial charge in [0.2, 0.25) is 0 Å². The van der Waals surface area contributed by atoms with Gasteiger partial charge in [-0.15, -0.1) is 0 Å². The normalized spacial score (nSPS) is 20.1. The van der Waals surface area contributed by atoms with Crippen LogP contribution in [0.1, 0.15) is 18.0 Å². The molecule has 0 spiro atoms. The van der Waals surface area contributed by atoms with E-state index in [4.69, 9.17) is 0 Å². The summed E-state index contributed by atoms with van der Waals surface area (Å²) in [5.41, 5.74) is 3.47. The molecule has 1 aromatic heterocycles. The fourth-order valence-corrected chi connectivity index (χ4v) is 2.22. The third-order valence-electron chi connectivity index (χ3n) is 3.17. The van der Waals surface area contributed by atoms with Crippen LogP contribution in [-0.2, 0) is 0 Å². The lowest BCUT2D eigenvalue weighted by Crippen LogP contribution is -2.08. The third-order valence-corrected chi connectivity index (χ3v) is 3.17. The molecular formula is C13H15N3. The summed E-state index contributed by atoms with van der Waals surface area (Å²) in [6, 6.07) is 12.5. The number of hydrogen-bond acceptors (Lipinski definition) is 2. The fourth-order valence-electron chi connectivity index (χ4n) is 2.22. The standard InChI is InChI=1S/C13H15N3/c1-2-4-10(5-3-1)12-8-13(16-15-12)11-6-7-14-9-11/h1-5,8,11,14H,6-7,9H2,(H,15,16). The van der Waals surface area contributed by atoms with Crippen LogP contribution in [0.25, 0.3) is 11.3 Å². The molecule has 1 unspecified atom stereocenters. The lowest BCUT2D eigenvalue weighted by Gasteiger charge is -2.02. The van der Waals surface area contributed by atoms with Gasteiger partial charge in [0.05, 0.1) is 5.69 Å². The lowest BCUT2D eigenvalue weighted by molar-refractivity contribution is 0.729. The van der Waals surface area contributed by atoms with Gasteiger partial charge in [-0.3, -0.25) is 5.10 Å². The highest BCUT2D eigenvalue weighted by Gasteiger charge is 2.18. The Balaban J connectivity index is 1.87. The van der Waals surface area contributed by atoms with E-state index in [1.165, 1.54) is 17.7 Å². The first-order valence-electron chi connectivity index (χ1n) is 5.75. The highest BCUT2D eigenvalue weighted by molar-refractivity contribution is 5.59. The van der Waals surface area contributed by atoms with Crippen molar-refractivity contribution < 1.29 is 0 Å². The second-order valence-electron chi connectivity index (χ2n) is 4.26. The quantitative estimate of drug-likeness (QED) is 0.802. The van der Waals surface area contributed by atoms with Gasteiger partial charge in [0, 0.05) is 23.7 Å². The summed E-state index contributed by atoms with van der Waals surface area (Å²) in [4.78, 5) is 0. The Kier molecular flexibility index (Phi) is 2.46. The molecule has 0 aliphatic carbocycles. The predicted octanol–water partition coefficient (Wildman–Crippen LogP) is 2.15. The van der Waals surface area contributed by atoms with Crippen molar-refractivity contribution in [1.29, 1.82) is 0 Å². The molecule has 3 rings (SSSR count). The molecule has 2 heterocycles. The number of nitrogens with zero attached hydrogens (tertiary/aromatic N) is 1. The number of aromatic amines is 1. The molecule has 3 nitrogen and oxygen atoms in total. The molecule has 0 amide bonds. The van der Waals surface area contributed by atoms with Crippen molar-refractivity contribution in [2.24, 2.45) is 0 Å². The molecule has 1 aliphatic heterocycles. The highest BCUT2D eigenvalue weighted by Crippen LogP contribution is 2.24. The van der Waals surface area contributed by atoms with E-state index in [0.29, 0.717) is 5.92 Å². The molecular weight excluding hydrogens is 198 g/mol. The minimum Gasteiger partial charge on any atom is -0.316 e. The highest BCUT2D eigenvalue weighted by atomic mass is 15.1. The van der Waals surface area contributed by atoms with Crippen LogP contribution < -0.4 is 5.32 Å². The van der Waals surface area contributed by atoms with E-state index >= 15 is 0 Å². The Morgan fingerprint density at radius 1 is 1.19 bits per heavy atom. The molecule has 1 aliphatic rings. The molecule has 2 N–H and O–H groups in total. The number of aromatic nitrogens is 2. The van der Waals surface area contributed by atoms with Gasteiger partial charge >= 0.3 is 0 Å². The van der Waals surface area contributed by atoms with Crippen LogP contribution in [0.4, 0.5) is 0 Å². The lowest BCUT2D eigenvalue weighted by atomic mass is 10.0. The number of benzene rings is 1. The largest absolute Gasteiger partial charge is 0.316 e. The van der Waals surface area contributed by atoms with E-state index in [1.54, 1.807) is 0 Å². The molecule has 1 fully saturated rings. The number of H-pyrrole nitrogens is 1. The van der Waals surface area contributed by atoms with Crippen molar-refractivity contribution >= 4 is 0 Å². The molecule has 1 saturated heterocycles. The Morgan fingerprint density at radius 3 is 2.81 bits per heavy atom. The zero-order chi connectivity index (χ0) is 10.8. The molecule has 3 heteroatoms. The van der Waals surface area contributed by atoms with Gasteiger partial charge in [0.25, 0.3) is 0 Å². The topological polar surface area (TPSA) is 40.7 Å². The first kappa shape index (κ1) is 9.60. The summed E-state index contributed by atoms with van der Waals surface area (Å²) in [6.45, 7) is 2.18. The zero-order valence-electron chi connectivity index (χ0n) is 9.11. The molecule has 0 radical (unpaired) electrons. The van der Waals surface area contributed by atoms with Gasteiger partial charge in [0.1, 0.15) is 0 Å². The Bertz CT molecular complexity index is 455. The summed E-state index contributed by atoms with van der Waals surface area (Å²) in [6.07, 6.45) is 1.20. The Labute approximate surface area is 94.9 Å². The van der Waals surface area contributed by atoms with Gasteiger partial charge in [-0.1, -0.05) is 30.3 Å². The fraction of sp³-hybridized carbons (Fsp3) is 0.308. The number of rotatable bonds is 2. The SMILES string of the molecule is c1ccc(-c2cc(C3CCNC3)[nH]n2)cc1. The molecule has 82 valence electrons. The first-order chi connectivity index (χ1) is 7.93.